The summed E-state index contributed by atoms with van der Waals surface area (Å²) in [5, 5.41) is 6.45. The smallest absolute Gasteiger partial charge is 0.233 e. The van der Waals surface area contributed by atoms with Crippen LogP contribution >= 0.6 is 24.0 Å². The van der Waals surface area contributed by atoms with Gasteiger partial charge in [-0.3, -0.25) is 4.79 Å². The zero-order valence-corrected chi connectivity index (χ0v) is 14.5. The number of benzene rings is 1. The molecule has 1 aromatic carbocycles. The molecule has 6 heteroatoms. The van der Waals surface area contributed by atoms with Gasteiger partial charge in [-0.15, -0.1) is 12.4 Å². The van der Waals surface area contributed by atoms with Gasteiger partial charge in [-0.2, -0.15) is 0 Å². The molecular formula is C16H23Cl2FN2O. The molecule has 2 rings (SSSR count). The van der Waals surface area contributed by atoms with E-state index in [0.717, 1.165) is 18.0 Å². The van der Waals surface area contributed by atoms with E-state index in [1.165, 1.54) is 25.0 Å². The van der Waals surface area contributed by atoms with Gasteiger partial charge < -0.3 is 10.6 Å². The summed E-state index contributed by atoms with van der Waals surface area (Å²) in [5.41, 5.74) is 0.480. The van der Waals surface area contributed by atoms with E-state index >= 15 is 0 Å². The van der Waals surface area contributed by atoms with Gasteiger partial charge in [-0.05, 0) is 43.0 Å². The highest BCUT2D eigenvalue weighted by Crippen LogP contribution is 2.30. The molecule has 1 fully saturated rings. The van der Waals surface area contributed by atoms with Crippen molar-refractivity contribution in [3.8, 4) is 0 Å². The van der Waals surface area contributed by atoms with Crippen LogP contribution in [-0.2, 0) is 10.2 Å². The first kappa shape index (κ1) is 19.2. The van der Waals surface area contributed by atoms with Crippen LogP contribution in [0.25, 0.3) is 0 Å². The fraction of sp³-hybridized carbons (Fsp3) is 0.562. The fourth-order valence-corrected chi connectivity index (χ4v) is 2.65. The van der Waals surface area contributed by atoms with Gasteiger partial charge in [-0.25, -0.2) is 4.39 Å². The Bertz CT molecular complexity index is 519. The van der Waals surface area contributed by atoms with Gasteiger partial charge in [0.05, 0.1) is 6.54 Å². The van der Waals surface area contributed by atoms with E-state index in [2.05, 4.69) is 10.6 Å². The number of carbonyl (C=O) groups is 1. The van der Waals surface area contributed by atoms with E-state index < -0.39 is 0 Å². The summed E-state index contributed by atoms with van der Waals surface area (Å²) in [6.45, 7) is 5.67. The molecule has 0 atom stereocenters. The Kier molecular flexibility index (Phi) is 7.10. The van der Waals surface area contributed by atoms with E-state index in [4.69, 9.17) is 11.6 Å². The van der Waals surface area contributed by atoms with Crippen molar-refractivity contribution in [1.29, 1.82) is 0 Å². The van der Waals surface area contributed by atoms with Crippen LogP contribution in [-0.4, -0.2) is 25.5 Å². The van der Waals surface area contributed by atoms with E-state index in [-0.39, 0.29) is 29.5 Å². The van der Waals surface area contributed by atoms with Gasteiger partial charge in [0, 0.05) is 17.0 Å². The van der Waals surface area contributed by atoms with Crippen LogP contribution in [0.2, 0.25) is 5.02 Å². The summed E-state index contributed by atoms with van der Waals surface area (Å²) in [7, 11) is 0. The molecule has 0 bridgehead atoms. The molecule has 1 saturated carbocycles. The average molecular weight is 349 g/mol. The maximum atomic E-state index is 13.1. The third-order valence-corrected chi connectivity index (χ3v) is 4.12. The molecule has 0 radical (unpaired) electrons. The highest BCUT2D eigenvalue weighted by atomic mass is 35.5. The van der Waals surface area contributed by atoms with Gasteiger partial charge in [0.2, 0.25) is 5.91 Å². The largest absolute Gasteiger partial charge is 0.354 e. The Balaban J connectivity index is 0.00000242. The van der Waals surface area contributed by atoms with Crippen molar-refractivity contribution in [3.63, 3.8) is 0 Å². The number of carbonyl (C=O) groups excluding carboxylic acids is 1. The maximum absolute atomic E-state index is 13.1. The van der Waals surface area contributed by atoms with Crippen LogP contribution in [0.5, 0.6) is 0 Å². The molecule has 124 valence electrons. The molecule has 0 spiro atoms. The lowest BCUT2D eigenvalue weighted by Crippen LogP contribution is -2.41. The monoisotopic (exact) mass is 348 g/mol. The third kappa shape index (κ3) is 5.75. The molecule has 0 aromatic heterocycles. The van der Waals surface area contributed by atoms with Crippen molar-refractivity contribution < 1.29 is 9.18 Å². The molecular weight excluding hydrogens is 326 g/mol. The van der Waals surface area contributed by atoms with Crippen molar-refractivity contribution in [2.45, 2.75) is 32.1 Å². The van der Waals surface area contributed by atoms with Gasteiger partial charge in [-0.1, -0.05) is 31.5 Å². The van der Waals surface area contributed by atoms with Crippen LogP contribution in [0.15, 0.2) is 18.2 Å². The SMILES string of the molecule is CC(C)(CNC(=O)CNCC1CC1)c1ccc(F)cc1Cl.Cl. The first-order valence-electron chi connectivity index (χ1n) is 7.31. The van der Waals surface area contributed by atoms with Crippen LogP contribution in [0.3, 0.4) is 0 Å². The Morgan fingerprint density at radius 3 is 2.68 bits per heavy atom. The molecule has 2 N–H and O–H groups in total. The lowest BCUT2D eigenvalue weighted by molar-refractivity contribution is -0.120. The minimum Gasteiger partial charge on any atom is -0.354 e. The third-order valence-electron chi connectivity index (χ3n) is 3.80. The number of hydrogen-bond donors (Lipinski definition) is 2. The number of nitrogens with one attached hydrogen (secondary N) is 2. The van der Waals surface area contributed by atoms with Crippen LogP contribution in [0, 0.1) is 11.7 Å². The van der Waals surface area contributed by atoms with E-state index in [9.17, 15) is 9.18 Å². The average Bonchev–Trinajstić information content (AvgIpc) is 3.20. The van der Waals surface area contributed by atoms with Gasteiger partial charge in [0.15, 0.2) is 0 Å². The first-order valence-corrected chi connectivity index (χ1v) is 7.69. The molecule has 22 heavy (non-hydrogen) atoms. The molecule has 1 amide bonds. The molecule has 0 aliphatic heterocycles. The molecule has 0 unspecified atom stereocenters. The predicted octanol–water partition coefficient (Wildman–Crippen LogP) is 3.29. The molecule has 3 nitrogen and oxygen atoms in total. The fourth-order valence-electron chi connectivity index (χ4n) is 2.23. The zero-order chi connectivity index (χ0) is 15.5. The quantitative estimate of drug-likeness (QED) is 0.793. The van der Waals surface area contributed by atoms with Crippen molar-refractivity contribution in [2.24, 2.45) is 5.92 Å². The van der Waals surface area contributed by atoms with Crippen molar-refractivity contribution in [3.05, 3.63) is 34.6 Å². The summed E-state index contributed by atoms with van der Waals surface area (Å²) < 4.78 is 13.1. The molecule has 1 aliphatic rings. The van der Waals surface area contributed by atoms with E-state index in [1.807, 2.05) is 13.8 Å². The lowest BCUT2D eigenvalue weighted by atomic mass is 9.84. The molecule has 0 heterocycles. The minimum atomic E-state index is -0.354. The van der Waals surface area contributed by atoms with Crippen LogP contribution in [0.1, 0.15) is 32.3 Å². The standard InChI is InChI=1S/C16H22ClFN2O.ClH/c1-16(2,13-6-5-12(18)7-14(13)17)10-20-15(21)9-19-8-11-3-4-11;/h5-7,11,19H,3-4,8-10H2,1-2H3,(H,20,21);1H. The van der Waals surface area contributed by atoms with Crippen LogP contribution in [0.4, 0.5) is 4.39 Å². The number of halogens is 3. The van der Waals surface area contributed by atoms with E-state index in [0.29, 0.717) is 18.1 Å². The molecule has 0 saturated heterocycles. The number of amides is 1. The summed E-state index contributed by atoms with van der Waals surface area (Å²) in [6.07, 6.45) is 2.54. The second kappa shape index (κ2) is 8.14. The maximum Gasteiger partial charge on any atom is 0.233 e. The number of hydrogen-bond acceptors (Lipinski definition) is 2. The molecule has 1 aromatic rings. The van der Waals surface area contributed by atoms with Crippen molar-refractivity contribution in [1.82, 2.24) is 10.6 Å². The highest BCUT2D eigenvalue weighted by molar-refractivity contribution is 6.31. The Morgan fingerprint density at radius 2 is 2.09 bits per heavy atom. The summed E-state index contributed by atoms with van der Waals surface area (Å²) >= 11 is 6.09. The Morgan fingerprint density at radius 1 is 1.41 bits per heavy atom. The van der Waals surface area contributed by atoms with Crippen molar-refractivity contribution in [2.75, 3.05) is 19.6 Å². The predicted molar refractivity (Wildman–Crippen MR) is 90.3 cm³/mol. The zero-order valence-electron chi connectivity index (χ0n) is 12.9. The van der Waals surface area contributed by atoms with Gasteiger partial charge in [0.1, 0.15) is 5.82 Å². The highest BCUT2D eigenvalue weighted by Gasteiger charge is 2.24. The second-order valence-corrected chi connectivity index (χ2v) is 6.77. The summed E-state index contributed by atoms with van der Waals surface area (Å²) in [6, 6.07) is 4.37. The van der Waals surface area contributed by atoms with Gasteiger partial charge in [0.25, 0.3) is 0 Å². The topological polar surface area (TPSA) is 41.1 Å². The van der Waals surface area contributed by atoms with Gasteiger partial charge >= 0.3 is 0 Å². The summed E-state index contributed by atoms with van der Waals surface area (Å²) in [4.78, 5) is 11.8. The first-order chi connectivity index (χ1) is 9.88. The van der Waals surface area contributed by atoms with Crippen molar-refractivity contribution >= 4 is 29.9 Å². The normalized spacial score (nSPS) is 14.4. The van der Waals surface area contributed by atoms with E-state index in [1.54, 1.807) is 6.07 Å². The second-order valence-electron chi connectivity index (χ2n) is 6.36. The summed E-state index contributed by atoms with van der Waals surface area (Å²) in [5.74, 6) is 0.377. The molecule has 1 aliphatic carbocycles. The minimum absolute atomic E-state index is 0. The Labute approximate surface area is 142 Å². The number of rotatable bonds is 7. The van der Waals surface area contributed by atoms with Crippen LogP contribution < -0.4 is 10.6 Å². The Hall–Kier alpha value is -0.840. The lowest BCUT2D eigenvalue weighted by Gasteiger charge is -2.26.